The van der Waals surface area contributed by atoms with Crippen LogP contribution in [-0.4, -0.2) is 4.57 Å². The van der Waals surface area contributed by atoms with Crippen LogP contribution >= 0.6 is 0 Å². The van der Waals surface area contributed by atoms with Crippen molar-refractivity contribution in [3.8, 4) is 27.9 Å². The molecule has 466 valence electrons. The molecule has 0 spiro atoms. The Morgan fingerprint density at radius 1 is 0.301 bits per heavy atom. The van der Waals surface area contributed by atoms with Crippen molar-refractivity contribution in [3.05, 3.63) is 304 Å². The summed E-state index contributed by atoms with van der Waals surface area (Å²) in [5.41, 5.74) is 28.1. The van der Waals surface area contributed by atoms with E-state index in [2.05, 4.69) is 375 Å². The van der Waals surface area contributed by atoms with Gasteiger partial charge in [0.2, 0.25) is 0 Å². The standard InChI is InChI=1S/C90H91N3/c1-84(2,3)58-32-34-62(35-33-58)90(64-43-53-79-74(55-64)73-54-63(88(13,14)15)42-52-78(73)93(79)69-48-40-61(41-49-69)87(10,11)12)76-56-70(91(65-26-20-18-21-27-65)67-44-36-59(37-45-67)85(4,5)6)50-51-72(76)81-77(90)57-80(83-82(81)71-30-24-25-31-75(71)89(83,16)17)92(66-28-22-19-23-29-66)68-46-38-60(39-47-68)86(7,8)9/h18-57H,1-17H3. The van der Waals surface area contributed by atoms with Crippen molar-refractivity contribution in [2.24, 2.45) is 0 Å². The third-order valence-corrected chi connectivity index (χ3v) is 20.6. The summed E-state index contributed by atoms with van der Waals surface area (Å²) in [5.74, 6) is 0. The SMILES string of the molecule is CC(C)(C)c1ccc(N(c2ccccc2)c2ccc3c(c2)C(c2ccc(C(C)(C)C)cc2)(c2ccc4c(c2)c2cc(C(C)(C)C)ccc2n4-c2ccc(C(C)(C)C)cc2)c2cc(N(c4ccccc4)c4ccc(C(C)(C)C)cc4)c4c(c2-3)-c2ccccc2C4(C)C)cc1. The Morgan fingerprint density at radius 2 is 0.710 bits per heavy atom. The lowest BCUT2D eigenvalue weighted by molar-refractivity contribution is 0.589. The first kappa shape index (κ1) is 61.3. The number of para-hydroxylation sites is 2. The molecule has 1 heterocycles. The van der Waals surface area contributed by atoms with Gasteiger partial charge in [-0.05, 0) is 214 Å². The molecule has 11 aromatic carbocycles. The highest BCUT2D eigenvalue weighted by molar-refractivity contribution is 6.11. The Hall–Kier alpha value is -9.18. The summed E-state index contributed by atoms with van der Waals surface area (Å²) in [6, 6.07) is 94.2. The molecule has 3 heteroatoms. The molecule has 0 bridgehead atoms. The Labute approximate surface area is 554 Å². The zero-order chi connectivity index (χ0) is 65.5. The maximum Gasteiger partial charge on any atom is 0.0715 e. The van der Waals surface area contributed by atoms with Gasteiger partial charge in [0.05, 0.1) is 22.1 Å². The second kappa shape index (κ2) is 21.7. The number of rotatable bonds is 9. The summed E-state index contributed by atoms with van der Waals surface area (Å²) >= 11 is 0. The van der Waals surface area contributed by atoms with Crippen LogP contribution in [-0.2, 0) is 37.9 Å². The molecule has 0 aliphatic heterocycles. The zero-order valence-corrected chi connectivity index (χ0v) is 57.9. The lowest BCUT2D eigenvalue weighted by Crippen LogP contribution is -2.30. The maximum absolute atomic E-state index is 2.66. The highest BCUT2D eigenvalue weighted by atomic mass is 15.2. The van der Waals surface area contributed by atoms with Crippen LogP contribution in [0.4, 0.5) is 34.1 Å². The van der Waals surface area contributed by atoms with Gasteiger partial charge in [-0.25, -0.2) is 0 Å². The number of benzene rings is 11. The lowest BCUT2D eigenvalue weighted by atomic mass is 9.66. The van der Waals surface area contributed by atoms with Crippen LogP contribution in [0.1, 0.15) is 179 Å². The maximum atomic E-state index is 2.66. The van der Waals surface area contributed by atoms with E-state index >= 15 is 0 Å². The first-order chi connectivity index (χ1) is 44.0. The van der Waals surface area contributed by atoms with Gasteiger partial charge in [0, 0.05) is 50.3 Å². The number of fused-ring (bicyclic) bond motifs is 10. The average Bonchev–Trinajstić information content (AvgIpc) is 1.50. The molecule has 0 saturated carbocycles. The van der Waals surface area contributed by atoms with Gasteiger partial charge in [0.25, 0.3) is 0 Å². The van der Waals surface area contributed by atoms with Gasteiger partial charge in [0.1, 0.15) is 0 Å². The van der Waals surface area contributed by atoms with Crippen LogP contribution in [0.5, 0.6) is 0 Å². The minimum Gasteiger partial charge on any atom is -0.310 e. The molecule has 1 unspecified atom stereocenters. The second-order valence-corrected chi connectivity index (χ2v) is 32.3. The van der Waals surface area contributed by atoms with Gasteiger partial charge in [-0.3, -0.25) is 0 Å². The minimum absolute atomic E-state index is 0.00550. The van der Waals surface area contributed by atoms with E-state index in [0.29, 0.717) is 0 Å². The normalized spacial score (nSPS) is 15.3. The highest BCUT2D eigenvalue weighted by Gasteiger charge is 2.52. The molecule has 93 heavy (non-hydrogen) atoms. The topological polar surface area (TPSA) is 11.4 Å². The monoisotopic (exact) mass is 1210 g/mol. The van der Waals surface area contributed by atoms with E-state index in [0.717, 1.165) is 34.1 Å². The fraction of sp³-hybridized carbons (Fsp3) is 0.267. The Bertz CT molecular complexity index is 4830. The van der Waals surface area contributed by atoms with Crippen molar-refractivity contribution >= 4 is 55.9 Å². The predicted octanol–water partition coefficient (Wildman–Crippen LogP) is 24.9. The second-order valence-electron chi connectivity index (χ2n) is 32.3. The van der Waals surface area contributed by atoms with Gasteiger partial charge in [-0.1, -0.05) is 257 Å². The summed E-state index contributed by atoms with van der Waals surface area (Å²) in [6.45, 7) is 39.7. The van der Waals surface area contributed by atoms with Crippen molar-refractivity contribution in [3.63, 3.8) is 0 Å². The van der Waals surface area contributed by atoms with Crippen LogP contribution in [0.2, 0.25) is 0 Å². The van der Waals surface area contributed by atoms with Crippen LogP contribution in [0, 0.1) is 0 Å². The van der Waals surface area contributed by atoms with Crippen molar-refractivity contribution in [2.45, 2.75) is 156 Å². The number of hydrogen-bond acceptors (Lipinski definition) is 2. The van der Waals surface area contributed by atoms with E-state index in [1.807, 2.05) is 0 Å². The van der Waals surface area contributed by atoms with Gasteiger partial charge in [0.15, 0.2) is 0 Å². The molecular formula is C90H91N3. The molecule has 0 fully saturated rings. The molecule has 0 amide bonds. The smallest absolute Gasteiger partial charge is 0.0715 e. The third-order valence-electron chi connectivity index (χ3n) is 20.6. The van der Waals surface area contributed by atoms with Gasteiger partial charge in [-0.15, -0.1) is 0 Å². The van der Waals surface area contributed by atoms with Crippen molar-refractivity contribution in [1.29, 1.82) is 0 Å². The first-order valence-electron chi connectivity index (χ1n) is 33.7. The molecule has 0 radical (unpaired) electrons. The van der Waals surface area contributed by atoms with Gasteiger partial charge < -0.3 is 14.4 Å². The fourth-order valence-corrected chi connectivity index (χ4v) is 15.4. The van der Waals surface area contributed by atoms with E-state index in [1.54, 1.807) is 0 Å². The molecular weight excluding hydrogens is 1120 g/mol. The molecule has 1 atom stereocenters. The van der Waals surface area contributed by atoms with E-state index in [9.17, 15) is 0 Å². The first-order valence-corrected chi connectivity index (χ1v) is 33.7. The van der Waals surface area contributed by atoms with Gasteiger partial charge in [-0.2, -0.15) is 0 Å². The highest BCUT2D eigenvalue weighted by Crippen LogP contribution is 2.66. The molecule has 2 aliphatic carbocycles. The fourth-order valence-electron chi connectivity index (χ4n) is 15.4. The number of nitrogens with zero attached hydrogens (tertiary/aromatic N) is 3. The van der Waals surface area contributed by atoms with E-state index in [-0.39, 0.29) is 27.1 Å². The Kier molecular flexibility index (Phi) is 14.3. The number of aromatic nitrogens is 1. The average molecular weight is 1210 g/mol. The van der Waals surface area contributed by atoms with Gasteiger partial charge >= 0.3 is 0 Å². The lowest BCUT2D eigenvalue weighted by Gasteiger charge is -2.38. The van der Waals surface area contributed by atoms with E-state index in [4.69, 9.17) is 0 Å². The van der Waals surface area contributed by atoms with E-state index in [1.165, 1.54) is 111 Å². The molecule has 14 rings (SSSR count). The zero-order valence-electron chi connectivity index (χ0n) is 57.9. The van der Waals surface area contributed by atoms with Crippen LogP contribution in [0.3, 0.4) is 0 Å². The van der Waals surface area contributed by atoms with Crippen molar-refractivity contribution in [1.82, 2.24) is 4.57 Å². The van der Waals surface area contributed by atoms with Crippen LogP contribution in [0.15, 0.2) is 243 Å². The quantitative estimate of drug-likeness (QED) is 0.143. The molecule has 12 aromatic rings. The summed E-state index contributed by atoms with van der Waals surface area (Å²) < 4.78 is 2.52. The summed E-state index contributed by atoms with van der Waals surface area (Å²) in [4.78, 5) is 5.06. The number of anilines is 6. The molecule has 2 aliphatic rings. The Balaban J connectivity index is 1.17. The van der Waals surface area contributed by atoms with Crippen LogP contribution < -0.4 is 9.80 Å². The Morgan fingerprint density at radius 3 is 1.25 bits per heavy atom. The molecule has 0 N–H and O–H groups in total. The minimum atomic E-state index is -0.891. The molecule has 1 aromatic heterocycles. The summed E-state index contributed by atoms with van der Waals surface area (Å²) in [7, 11) is 0. The third kappa shape index (κ3) is 10.2. The van der Waals surface area contributed by atoms with Crippen molar-refractivity contribution < 1.29 is 0 Å². The van der Waals surface area contributed by atoms with Crippen LogP contribution in [0.25, 0.3) is 49.7 Å². The largest absolute Gasteiger partial charge is 0.310 e. The predicted molar refractivity (Wildman–Crippen MR) is 399 cm³/mol. The molecule has 3 nitrogen and oxygen atoms in total. The van der Waals surface area contributed by atoms with Crippen molar-refractivity contribution in [2.75, 3.05) is 9.80 Å². The number of hydrogen-bond donors (Lipinski definition) is 0. The summed E-state index contributed by atoms with van der Waals surface area (Å²) in [6.07, 6.45) is 0. The molecule has 0 saturated heterocycles. The summed E-state index contributed by atoms with van der Waals surface area (Å²) in [5, 5.41) is 2.48. The van der Waals surface area contributed by atoms with E-state index < -0.39 is 10.8 Å².